The first-order valence-electron chi connectivity index (χ1n) is 9.78. The van der Waals surface area contributed by atoms with Crippen molar-refractivity contribution < 1.29 is 4.42 Å². The molecule has 2 saturated carbocycles. The van der Waals surface area contributed by atoms with Crippen molar-refractivity contribution in [1.82, 2.24) is 25.6 Å². The Morgan fingerprint density at radius 3 is 3.08 bits per heavy atom. The van der Waals surface area contributed by atoms with Crippen LogP contribution in [0.25, 0.3) is 0 Å². The fraction of sp³-hybridized carbons (Fsp3) is 0.632. The lowest BCUT2D eigenvalue weighted by atomic mass is 9.95. The molecule has 2 heterocycles. The van der Waals surface area contributed by atoms with Crippen LogP contribution in [0.4, 0.5) is 0 Å². The van der Waals surface area contributed by atoms with Gasteiger partial charge in [-0.05, 0) is 49.7 Å². The van der Waals surface area contributed by atoms with Crippen LogP contribution in [0, 0.1) is 11.8 Å². The van der Waals surface area contributed by atoms with Crippen molar-refractivity contribution >= 4 is 5.96 Å². The van der Waals surface area contributed by atoms with E-state index in [4.69, 9.17) is 9.41 Å². The molecule has 2 bridgehead atoms. The van der Waals surface area contributed by atoms with E-state index >= 15 is 0 Å². The minimum atomic E-state index is 0.582. The molecule has 0 radical (unpaired) electrons. The van der Waals surface area contributed by atoms with E-state index in [-0.39, 0.29) is 0 Å². The molecule has 2 fully saturated rings. The quantitative estimate of drug-likeness (QED) is 0.431. The number of nitrogens with zero attached hydrogens (tertiary/aromatic N) is 4. The summed E-state index contributed by atoms with van der Waals surface area (Å²) in [6, 6.07) is 4.53. The van der Waals surface area contributed by atoms with Gasteiger partial charge in [0.25, 0.3) is 0 Å². The summed E-state index contributed by atoms with van der Waals surface area (Å²) in [5, 5.41) is 15.0. The molecule has 26 heavy (non-hydrogen) atoms. The standard InChI is InChI=1S/C19H28N6O/c1-3-17(26-12-1)6-8-21-19(20-7-2-10-25-11-9-22-24-25)23-18-14-15-4-5-16(18)13-15/h1,3,9,11-12,15-16,18H,2,4-8,10,13-14H2,(H2,20,21,23). The second-order valence-electron chi connectivity index (χ2n) is 7.43. The Balaban J connectivity index is 1.28. The molecule has 0 saturated heterocycles. The van der Waals surface area contributed by atoms with Gasteiger partial charge in [0.1, 0.15) is 5.76 Å². The molecule has 0 spiro atoms. The van der Waals surface area contributed by atoms with Crippen molar-refractivity contribution in [1.29, 1.82) is 0 Å². The number of fused-ring (bicyclic) bond motifs is 2. The van der Waals surface area contributed by atoms with Gasteiger partial charge in [0.15, 0.2) is 5.96 Å². The average Bonchev–Trinajstić information content (AvgIpc) is 3.44. The third kappa shape index (κ3) is 4.45. The molecule has 0 aromatic carbocycles. The zero-order valence-corrected chi connectivity index (χ0v) is 15.2. The molecule has 2 aliphatic carbocycles. The zero-order chi connectivity index (χ0) is 17.6. The van der Waals surface area contributed by atoms with Gasteiger partial charge in [0.2, 0.25) is 0 Å². The number of aliphatic imine (C=N–C) groups is 1. The Morgan fingerprint density at radius 2 is 2.35 bits per heavy atom. The maximum Gasteiger partial charge on any atom is 0.191 e. The molecule has 2 N–H and O–H groups in total. The first-order chi connectivity index (χ1) is 12.9. The highest BCUT2D eigenvalue weighted by Gasteiger charge is 2.39. The van der Waals surface area contributed by atoms with E-state index in [9.17, 15) is 0 Å². The third-order valence-electron chi connectivity index (χ3n) is 5.59. The normalized spacial score (nSPS) is 24.9. The summed E-state index contributed by atoms with van der Waals surface area (Å²) in [6.45, 7) is 2.44. The molecule has 2 aromatic rings. The lowest BCUT2D eigenvalue weighted by Crippen LogP contribution is -2.46. The second kappa shape index (κ2) is 8.38. The number of furan rings is 1. The van der Waals surface area contributed by atoms with Crippen LogP contribution in [0.15, 0.2) is 40.2 Å². The minimum Gasteiger partial charge on any atom is -0.469 e. The topological polar surface area (TPSA) is 80.3 Å². The number of hydrogen-bond acceptors (Lipinski definition) is 4. The number of guanidine groups is 1. The monoisotopic (exact) mass is 356 g/mol. The molecule has 2 aromatic heterocycles. The van der Waals surface area contributed by atoms with Crippen molar-refractivity contribution in [3.63, 3.8) is 0 Å². The van der Waals surface area contributed by atoms with Crippen LogP contribution in [0.2, 0.25) is 0 Å². The average molecular weight is 356 g/mol. The molecule has 140 valence electrons. The van der Waals surface area contributed by atoms with Gasteiger partial charge < -0.3 is 15.1 Å². The van der Waals surface area contributed by atoms with Crippen molar-refractivity contribution in [3.05, 3.63) is 36.5 Å². The highest BCUT2D eigenvalue weighted by atomic mass is 16.3. The van der Waals surface area contributed by atoms with Gasteiger partial charge >= 0.3 is 0 Å². The molecule has 3 unspecified atom stereocenters. The van der Waals surface area contributed by atoms with Crippen LogP contribution in [-0.2, 0) is 13.0 Å². The Kier molecular flexibility index (Phi) is 5.52. The minimum absolute atomic E-state index is 0.582. The van der Waals surface area contributed by atoms with E-state index in [2.05, 4.69) is 20.9 Å². The molecule has 7 nitrogen and oxygen atoms in total. The fourth-order valence-corrected chi connectivity index (χ4v) is 4.28. The maximum atomic E-state index is 5.41. The number of aryl methyl sites for hydroxylation is 1. The molecule has 4 rings (SSSR count). The summed E-state index contributed by atoms with van der Waals surface area (Å²) in [6.07, 6.45) is 12.6. The zero-order valence-electron chi connectivity index (χ0n) is 15.2. The summed E-state index contributed by atoms with van der Waals surface area (Å²) in [4.78, 5) is 4.79. The van der Waals surface area contributed by atoms with Gasteiger partial charge in [-0.15, -0.1) is 5.10 Å². The van der Waals surface area contributed by atoms with Gasteiger partial charge in [-0.2, -0.15) is 0 Å². The van der Waals surface area contributed by atoms with E-state index in [1.165, 1.54) is 25.7 Å². The van der Waals surface area contributed by atoms with E-state index < -0.39 is 0 Å². The van der Waals surface area contributed by atoms with Gasteiger partial charge in [-0.25, -0.2) is 0 Å². The van der Waals surface area contributed by atoms with Crippen LogP contribution in [0.3, 0.4) is 0 Å². The second-order valence-corrected chi connectivity index (χ2v) is 7.43. The maximum absolute atomic E-state index is 5.41. The van der Waals surface area contributed by atoms with Crippen LogP contribution in [0.1, 0.15) is 37.9 Å². The first kappa shape index (κ1) is 17.1. The summed E-state index contributed by atoms with van der Waals surface area (Å²) >= 11 is 0. The number of rotatable bonds is 8. The van der Waals surface area contributed by atoms with Crippen molar-refractivity contribution in [2.45, 2.75) is 51.1 Å². The van der Waals surface area contributed by atoms with E-state index in [1.807, 2.05) is 23.0 Å². The van der Waals surface area contributed by atoms with Crippen LogP contribution < -0.4 is 10.6 Å². The lowest BCUT2D eigenvalue weighted by molar-refractivity contribution is 0.387. The van der Waals surface area contributed by atoms with Crippen LogP contribution in [-0.4, -0.2) is 40.1 Å². The lowest BCUT2D eigenvalue weighted by Gasteiger charge is -2.25. The van der Waals surface area contributed by atoms with E-state index in [0.717, 1.165) is 56.0 Å². The predicted octanol–water partition coefficient (Wildman–Crippen LogP) is 2.23. The van der Waals surface area contributed by atoms with Gasteiger partial charge in [-0.3, -0.25) is 9.67 Å². The Morgan fingerprint density at radius 1 is 1.35 bits per heavy atom. The molecular weight excluding hydrogens is 328 g/mol. The first-order valence-corrected chi connectivity index (χ1v) is 9.78. The van der Waals surface area contributed by atoms with Gasteiger partial charge in [-0.1, -0.05) is 11.6 Å². The Bertz CT molecular complexity index is 681. The summed E-state index contributed by atoms with van der Waals surface area (Å²) < 4.78 is 7.26. The fourth-order valence-electron chi connectivity index (χ4n) is 4.28. The summed E-state index contributed by atoms with van der Waals surface area (Å²) in [7, 11) is 0. The van der Waals surface area contributed by atoms with E-state index in [1.54, 1.807) is 12.5 Å². The summed E-state index contributed by atoms with van der Waals surface area (Å²) in [5.41, 5.74) is 0. The Labute approximate surface area is 154 Å². The third-order valence-corrected chi connectivity index (χ3v) is 5.59. The molecule has 3 atom stereocenters. The Hall–Kier alpha value is -2.31. The van der Waals surface area contributed by atoms with Crippen LogP contribution >= 0.6 is 0 Å². The molecule has 0 aliphatic heterocycles. The highest BCUT2D eigenvalue weighted by Crippen LogP contribution is 2.44. The summed E-state index contributed by atoms with van der Waals surface area (Å²) in [5.74, 6) is 3.69. The SMILES string of the molecule is c1coc(CCNC(=NCCCn2ccnn2)NC2CC3CCC2C3)c1. The molecule has 2 aliphatic rings. The molecular formula is C19H28N6O. The van der Waals surface area contributed by atoms with Crippen molar-refractivity contribution in [2.75, 3.05) is 13.1 Å². The number of nitrogens with one attached hydrogen (secondary N) is 2. The number of aromatic nitrogens is 3. The predicted molar refractivity (Wildman–Crippen MR) is 99.7 cm³/mol. The smallest absolute Gasteiger partial charge is 0.191 e. The largest absolute Gasteiger partial charge is 0.469 e. The molecule has 7 heteroatoms. The highest BCUT2D eigenvalue weighted by molar-refractivity contribution is 5.80. The van der Waals surface area contributed by atoms with Gasteiger partial charge in [0, 0.05) is 38.3 Å². The van der Waals surface area contributed by atoms with Gasteiger partial charge in [0.05, 0.1) is 12.5 Å². The number of hydrogen-bond donors (Lipinski definition) is 2. The molecule has 0 amide bonds. The van der Waals surface area contributed by atoms with Crippen molar-refractivity contribution in [2.24, 2.45) is 16.8 Å². The van der Waals surface area contributed by atoms with Crippen LogP contribution in [0.5, 0.6) is 0 Å². The van der Waals surface area contributed by atoms with E-state index in [0.29, 0.717) is 6.04 Å². The van der Waals surface area contributed by atoms with Crippen molar-refractivity contribution in [3.8, 4) is 0 Å².